The second-order valence-electron chi connectivity index (χ2n) is 5.07. The summed E-state index contributed by atoms with van der Waals surface area (Å²) in [6, 6.07) is 6.61. The van der Waals surface area contributed by atoms with Crippen LogP contribution >= 0.6 is 0 Å². The lowest BCUT2D eigenvalue weighted by Crippen LogP contribution is -2.29. The summed E-state index contributed by atoms with van der Waals surface area (Å²) in [5.41, 5.74) is 0.510. The summed E-state index contributed by atoms with van der Waals surface area (Å²) in [4.78, 5) is 24.7. The Morgan fingerprint density at radius 2 is 2.24 bits per heavy atom. The molecule has 1 amide bonds. The molecule has 0 saturated carbocycles. The first-order valence-corrected chi connectivity index (χ1v) is 6.83. The van der Waals surface area contributed by atoms with E-state index in [2.05, 4.69) is 0 Å². The third kappa shape index (κ3) is 4.19. The summed E-state index contributed by atoms with van der Waals surface area (Å²) in [6.45, 7) is 1.64. The zero-order valence-corrected chi connectivity index (χ0v) is 11.9. The number of hydrogen-bond donors (Lipinski definition) is 1. The number of nitrogens with zero attached hydrogens (tertiary/aromatic N) is 1. The molecule has 6 heteroatoms. The van der Waals surface area contributed by atoms with Crippen molar-refractivity contribution in [3.05, 3.63) is 29.8 Å². The molecule has 0 aliphatic carbocycles. The largest absolute Gasteiger partial charge is 0.482 e. The highest BCUT2D eigenvalue weighted by Gasteiger charge is 2.26. The van der Waals surface area contributed by atoms with Gasteiger partial charge in [-0.3, -0.25) is 4.79 Å². The highest BCUT2D eigenvalue weighted by atomic mass is 16.5. The Kier molecular flexibility index (Phi) is 5.16. The maximum atomic E-state index is 12.4. The number of methoxy groups -OCH3 is 1. The minimum absolute atomic E-state index is 0.0608. The smallest absolute Gasteiger partial charge is 0.341 e. The lowest BCUT2D eigenvalue weighted by molar-refractivity contribution is -0.139. The van der Waals surface area contributed by atoms with Crippen molar-refractivity contribution in [1.82, 2.24) is 4.90 Å². The van der Waals surface area contributed by atoms with Crippen LogP contribution in [0.2, 0.25) is 0 Å². The molecule has 0 bridgehead atoms. The molecule has 1 saturated heterocycles. The summed E-state index contributed by atoms with van der Waals surface area (Å²) in [6.07, 6.45) is 0.939. The van der Waals surface area contributed by atoms with Gasteiger partial charge in [0.2, 0.25) is 0 Å². The summed E-state index contributed by atoms with van der Waals surface area (Å²) in [7, 11) is 1.66. The van der Waals surface area contributed by atoms with Crippen LogP contribution in [-0.2, 0) is 9.53 Å². The number of carboxylic acids is 1. The third-order valence-electron chi connectivity index (χ3n) is 3.42. The zero-order valence-electron chi connectivity index (χ0n) is 11.9. The fraction of sp³-hybridized carbons (Fsp3) is 0.467. The predicted molar refractivity (Wildman–Crippen MR) is 75.5 cm³/mol. The second kappa shape index (κ2) is 7.08. The number of carboxylic acid groups (broad SMARTS) is 1. The van der Waals surface area contributed by atoms with E-state index >= 15 is 0 Å². The molecule has 21 heavy (non-hydrogen) atoms. The van der Waals surface area contributed by atoms with Crippen LogP contribution < -0.4 is 4.74 Å². The number of ether oxygens (including phenoxy) is 2. The van der Waals surface area contributed by atoms with Crippen molar-refractivity contribution >= 4 is 11.9 Å². The SMILES string of the molecule is COCC1CCN(C(=O)c2cccc(OCC(=O)O)c2)C1. The van der Waals surface area contributed by atoms with Gasteiger partial charge in [0.1, 0.15) is 5.75 Å². The lowest BCUT2D eigenvalue weighted by atomic mass is 10.1. The number of hydrogen-bond acceptors (Lipinski definition) is 4. The van der Waals surface area contributed by atoms with Gasteiger partial charge in [-0.25, -0.2) is 4.79 Å². The van der Waals surface area contributed by atoms with Crippen molar-refractivity contribution in [2.24, 2.45) is 5.92 Å². The minimum Gasteiger partial charge on any atom is -0.482 e. The molecule has 1 aromatic carbocycles. The summed E-state index contributed by atoms with van der Waals surface area (Å²) >= 11 is 0. The van der Waals surface area contributed by atoms with Gasteiger partial charge in [-0.05, 0) is 24.6 Å². The van der Waals surface area contributed by atoms with Gasteiger partial charge in [0.05, 0.1) is 6.61 Å². The van der Waals surface area contributed by atoms with Gasteiger partial charge in [0.25, 0.3) is 5.91 Å². The minimum atomic E-state index is -1.05. The molecule has 2 rings (SSSR count). The Hall–Kier alpha value is -2.08. The Bertz CT molecular complexity index is 517. The second-order valence-corrected chi connectivity index (χ2v) is 5.07. The Morgan fingerprint density at radius 1 is 1.43 bits per heavy atom. The van der Waals surface area contributed by atoms with E-state index in [-0.39, 0.29) is 5.91 Å². The van der Waals surface area contributed by atoms with E-state index < -0.39 is 12.6 Å². The molecule has 1 heterocycles. The normalized spacial score (nSPS) is 17.8. The number of rotatable bonds is 6. The standard InChI is InChI=1S/C15H19NO5/c1-20-9-11-5-6-16(8-11)15(19)12-3-2-4-13(7-12)21-10-14(17)18/h2-4,7,11H,5-6,8-10H2,1H3,(H,17,18). The van der Waals surface area contributed by atoms with Crippen LogP contribution in [0.25, 0.3) is 0 Å². The molecule has 1 aromatic rings. The van der Waals surface area contributed by atoms with Crippen LogP contribution in [0, 0.1) is 5.92 Å². The molecule has 1 unspecified atom stereocenters. The Morgan fingerprint density at radius 3 is 2.95 bits per heavy atom. The molecular formula is C15H19NO5. The molecular weight excluding hydrogens is 274 g/mol. The fourth-order valence-corrected chi connectivity index (χ4v) is 2.44. The van der Waals surface area contributed by atoms with Crippen LogP contribution in [0.5, 0.6) is 5.75 Å². The first-order chi connectivity index (χ1) is 10.1. The van der Waals surface area contributed by atoms with E-state index in [0.29, 0.717) is 36.9 Å². The quantitative estimate of drug-likeness (QED) is 0.854. The van der Waals surface area contributed by atoms with Crippen LogP contribution in [0.3, 0.4) is 0 Å². The summed E-state index contributed by atoms with van der Waals surface area (Å²) in [5, 5.41) is 8.59. The average Bonchev–Trinajstić information content (AvgIpc) is 2.94. The van der Waals surface area contributed by atoms with E-state index in [9.17, 15) is 9.59 Å². The molecule has 0 aromatic heterocycles. The molecule has 1 fully saturated rings. The van der Waals surface area contributed by atoms with Crippen LogP contribution in [0.4, 0.5) is 0 Å². The summed E-state index contributed by atoms with van der Waals surface area (Å²) < 4.78 is 10.2. The van der Waals surface area contributed by atoms with Gasteiger partial charge in [-0.1, -0.05) is 6.07 Å². The molecule has 1 N–H and O–H groups in total. The first kappa shape index (κ1) is 15.3. The maximum absolute atomic E-state index is 12.4. The lowest BCUT2D eigenvalue weighted by Gasteiger charge is -2.17. The predicted octanol–water partition coefficient (Wildman–Crippen LogP) is 1.26. The van der Waals surface area contributed by atoms with Gasteiger partial charge >= 0.3 is 5.97 Å². The van der Waals surface area contributed by atoms with Crippen molar-refractivity contribution in [1.29, 1.82) is 0 Å². The summed E-state index contributed by atoms with van der Waals surface area (Å²) in [5.74, 6) is -0.343. The van der Waals surface area contributed by atoms with Crippen molar-refractivity contribution in [3.63, 3.8) is 0 Å². The number of carbonyl (C=O) groups excluding carboxylic acids is 1. The number of likely N-dealkylation sites (tertiary alicyclic amines) is 1. The van der Waals surface area contributed by atoms with Crippen molar-refractivity contribution in [2.45, 2.75) is 6.42 Å². The molecule has 0 radical (unpaired) electrons. The fourth-order valence-electron chi connectivity index (χ4n) is 2.44. The molecule has 1 atom stereocenters. The van der Waals surface area contributed by atoms with Crippen molar-refractivity contribution < 1.29 is 24.2 Å². The van der Waals surface area contributed by atoms with Gasteiger partial charge in [-0.15, -0.1) is 0 Å². The molecule has 0 spiro atoms. The van der Waals surface area contributed by atoms with Gasteiger partial charge < -0.3 is 19.5 Å². The van der Waals surface area contributed by atoms with Crippen LogP contribution in [0.1, 0.15) is 16.8 Å². The van der Waals surface area contributed by atoms with E-state index in [0.717, 1.165) is 6.42 Å². The third-order valence-corrected chi connectivity index (χ3v) is 3.42. The van der Waals surface area contributed by atoms with E-state index in [1.165, 1.54) is 0 Å². The monoisotopic (exact) mass is 293 g/mol. The van der Waals surface area contributed by atoms with E-state index in [4.69, 9.17) is 14.6 Å². The van der Waals surface area contributed by atoms with E-state index in [1.54, 1.807) is 36.3 Å². The topological polar surface area (TPSA) is 76.1 Å². The Labute approximate surface area is 123 Å². The van der Waals surface area contributed by atoms with Crippen molar-refractivity contribution in [3.8, 4) is 5.75 Å². The Balaban J connectivity index is 1.99. The number of benzene rings is 1. The van der Waals surface area contributed by atoms with Gasteiger partial charge in [0.15, 0.2) is 6.61 Å². The van der Waals surface area contributed by atoms with Crippen molar-refractivity contribution in [2.75, 3.05) is 33.4 Å². The number of amides is 1. The van der Waals surface area contributed by atoms with Crippen LogP contribution in [-0.4, -0.2) is 55.3 Å². The zero-order chi connectivity index (χ0) is 15.2. The molecule has 1 aliphatic rings. The maximum Gasteiger partial charge on any atom is 0.341 e. The average molecular weight is 293 g/mol. The first-order valence-electron chi connectivity index (χ1n) is 6.83. The van der Waals surface area contributed by atoms with Gasteiger partial charge in [0, 0.05) is 31.7 Å². The molecule has 1 aliphatic heterocycles. The van der Waals surface area contributed by atoms with Gasteiger partial charge in [-0.2, -0.15) is 0 Å². The molecule has 6 nitrogen and oxygen atoms in total. The van der Waals surface area contributed by atoms with E-state index in [1.807, 2.05) is 0 Å². The van der Waals surface area contributed by atoms with Crippen LogP contribution in [0.15, 0.2) is 24.3 Å². The number of aliphatic carboxylic acids is 1. The highest BCUT2D eigenvalue weighted by Crippen LogP contribution is 2.21. The highest BCUT2D eigenvalue weighted by molar-refractivity contribution is 5.94. The molecule has 114 valence electrons. The number of carbonyl (C=O) groups is 2.